The number of benzene rings is 4. The summed E-state index contributed by atoms with van der Waals surface area (Å²) in [6.45, 7) is 0. The van der Waals surface area contributed by atoms with Crippen molar-refractivity contribution < 1.29 is 0 Å². The molecule has 186 valence electrons. The van der Waals surface area contributed by atoms with Gasteiger partial charge in [-0.1, -0.05) is 84.9 Å². The molecule has 5 heterocycles. The van der Waals surface area contributed by atoms with E-state index in [2.05, 4.69) is 92.8 Å². The van der Waals surface area contributed by atoms with Gasteiger partial charge in [0.05, 0.1) is 22.2 Å². The first kappa shape index (κ1) is 21.3. The molecule has 0 aliphatic rings. The molecule has 0 aliphatic heterocycles. The van der Waals surface area contributed by atoms with Crippen LogP contribution in [0.5, 0.6) is 0 Å². The van der Waals surface area contributed by atoms with Crippen molar-refractivity contribution in [1.82, 2.24) is 28.9 Å². The summed E-state index contributed by atoms with van der Waals surface area (Å²) in [4.78, 5) is 20.2. The minimum atomic E-state index is 0.572. The normalized spacial score (nSPS) is 12.0. The van der Waals surface area contributed by atoms with Crippen molar-refractivity contribution in [1.29, 1.82) is 0 Å². The van der Waals surface area contributed by atoms with Crippen LogP contribution < -0.4 is 0 Å². The summed E-state index contributed by atoms with van der Waals surface area (Å²) in [6.07, 6.45) is 1.80. The third-order valence-corrected chi connectivity index (χ3v) is 7.77. The molecule has 0 bridgehead atoms. The highest BCUT2D eigenvalue weighted by Gasteiger charge is 2.23. The summed E-state index contributed by atoms with van der Waals surface area (Å²) in [7, 11) is 0. The van der Waals surface area contributed by atoms with Gasteiger partial charge >= 0.3 is 0 Å². The van der Waals surface area contributed by atoms with Crippen molar-refractivity contribution in [3.8, 4) is 17.3 Å². The lowest BCUT2D eigenvalue weighted by Crippen LogP contribution is -2.04. The number of pyridine rings is 2. The summed E-state index contributed by atoms with van der Waals surface area (Å²) in [5.41, 5.74) is 7.38. The van der Waals surface area contributed by atoms with E-state index in [1.54, 1.807) is 6.20 Å². The average Bonchev–Trinajstić information content (AvgIpc) is 3.56. The Bertz CT molecular complexity index is 2440. The molecule has 5 aromatic heterocycles. The third-order valence-electron chi connectivity index (χ3n) is 7.77. The lowest BCUT2D eigenvalue weighted by Gasteiger charge is -2.10. The highest BCUT2D eigenvalue weighted by atomic mass is 15.2. The van der Waals surface area contributed by atoms with Gasteiger partial charge in [-0.15, -0.1) is 0 Å². The second-order valence-electron chi connectivity index (χ2n) is 9.96. The highest BCUT2D eigenvalue weighted by molar-refractivity contribution is 6.17. The number of aromatic nitrogens is 6. The number of rotatable bonds is 2. The van der Waals surface area contributed by atoms with Crippen molar-refractivity contribution in [3.05, 3.63) is 121 Å². The zero-order valence-electron chi connectivity index (χ0n) is 21.2. The maximum atomic E-state index is 5.32. The lowest BCUT2D eigenvalue weighted by atomic mass is 10.1. The average molecular weight is 513 g/mol. The van der Waals surface area contributed by atoms with Crippen LogP contribution in [0.1, 0.15) is 0 Å². The maximum absolute atomic E-state index is 5.32. The molecule has 0 atom stereocenters. The van der Waals surface area contributed by atoms with Crippen LogP contribution in [-0.2, 0) is 0 Å². The van der Waals surface area contributed by atoms with Crippen molar-refractivity contribution in [3.63, 3.8) is 0 Å². The van der Waals surface area contributed by atoms with Crippen LogP contribution in [0.3, 0.4) is 0 Å². The van der Waals surface area contributed by atoms with Gasteiger partial charge in [0.2, 0.25) is 5.95 Å². The van der Waals surface area contributed by atoms with Gasteiger partial charge in [0, 0.05) is 27.7 Å². The SMILES string of the molecule is c1ccc(-c2nc(-n3c4ccccc4c4c3nc3c5ccccc5c5ccccc5n34)nc3ccccc23)nc1. The van der Waals surface area contributed by atoms with E-state index in [-0.39, 0.29) is 0 Å². The van der Waals surface area contributed by atoms with Gasteiger partial charge in [-0.3, -0.25) is 14.0 Å². The van der Waals surface area contributed by atoms with Crippen molar-refractivity contribution >= 4 is 60.3 Å². The molecule has 4 aromatic carbocycles. The van der Waals surface area contributed by atoms with Gasteiger partial charge in [-0.2, -0.15) is 0 Å². The summed E-state index contributed by atoms with van der Waals surface area (Å²) in [5.74, 6) is 0.572. The Kier molecular flexibility index (Phi) is 4.24. The quantitative estimate of drug-likeness (QED) is 0.222. The van der Waals surface area contributed by atoms with E-state index in [4.69, 9.17) is 15.0 Å². The van der Waals surface area contributed by atoms with Crippen LogP contribution in [0, 0.1) is 0 Å². The molecule has 0 radical (unpaired) electrons. The van der Waals surface area contributed by atoms with Crippen LogP contribution in [0.2, 0.25) is 0 Å². The molecule has 9 aromatic rings. The van der Waals surface area contributed by atoms with Gasteiger partial charge in [-0.25, -0.2) is 15.0 Å². The second kappa shape index (κ2) is 7.94. The highest BCUT2D eigenvalue weighted by Crippen LogP contribution is 2.38. The number of nitrogens with zero attached hydrogens (tertiary/aromatic N) is 6. The number of para-hydroxylation sites is 3. The minimum absolute atomic E-state index is 0.572. The Morgan fingerprint density at radius 1 is 0.475 bits per heavy atom. The predicted octanol–water partition coefficient (Wildman–Crippen LogP) is 7.74. The number of hydrogen-bond donors (Lipinski definition) is 0. The predicted molar refractivity (Wildman–Crippen MR) is 161 cm³/mol. The zero-order valence-corrected chi connectivity index (χ0v) is 21.2. The Hall–Kier alpha value is -5.62. The Balaban J connectivity index is 1.49. The zero-order chi connectivity index (χ0) is 26.2. The molecule has 0 amide bonds. The molecular formula is C34H20N6. The Labute approximate surface area is 227 Å². The topological polar surface area (TPSA) is 60.9 Å². The number of fused-ring (bicyclic) bond motifs is 11. The van der Waals surface area contributed by atoms with E-state index in [9.17, 15) is 0 Å². The van der Waals surface area contributed by atoms with Crippen LogP contribution in [0.4, 0.5) is 0 Å². The van der Waals surface area contributed by atoms with Crippen molar-refractivity contribution in [2.75, 3.05) is 0 Å². The molecule has 6 nitrogen and oxygen atoms in total. The van der Waals surface area contributed by atoms with Gasteiger partial charge in [0.1, 0.15) is 16.9 Å². The van der Waals surface area contributed by atoms with Gasteiger partial charge in [-0.05, 0) is 35.7 Å². The van der Waals surface area contributed by atoms with E-state index in [1.807, 2.05) is 36.4 Å². The molecule has 0 fully saturated rings. The second-order valence-corrected chi connectivity index (χ2v) is 9.96. The Morgan fingerprint density at radius 3 is 1.98 bits per heavy atom. The van der Waals surface area contributed by atoms with Crippen molar-refractivity contribution in [2.45, 2.75) is 0 Å². The first-order chi connectivity index (χ1) is 19.9. The summed E-state index contributed by atoms with van der Waals surface area (Å²) >= 11 is 0. The molecule has 0 N–H and O–H groups in total. The van der Waals surface area contributed by atoms with Crippen LogP contribution in [0.15, 0.2) is 121 Å². The summed E-state index contributed by atoms with van der Waals surface area (Å²) < 4.78 is 4.40. The van der Waals surface area contributed by atoms with Crippen molar-refractivity contribution in [2.24, 2.45) is 0 Å². The van der Waals surface area contributed by atoms with E-state index < -0.39 is 0 Å². The Morgan fingerprint density at radius 2 is 1.15 bits per heavy atom. The van der Waals surface area contributed by atoms with Crippen LogP contribution in [0.25, 0.3) is 77.6 Å². The molecular weight excluding hydrogens is 492 g/mol. The van der Waals surface area contributed by atoms with E-state index in [1.165, 1.54) is 10.8 Å². The molecule has 0 saturated heterocycles. The summed E-state index contributed by atoms with van der Waals surface area (Å²) in [6, 6.07) is 39.5. The molecule has 0 aliphatic carbocycles. The molecule has 0 saturated carbocycles. The summed E-state index contributed by atoms with van der Waals surface area (Å²) in [5, 5.41) is 5.56. The largest absolute Gasteiger partial charge is 0.289 e. The van der Waals surface area contributed by atoms with Gasteiger partial charge < -0.3 is 0 Å². The van der Waals surface area contributed by atoms with Crippen LogP contribution in [-0.4, -0.2) is 28.9 Å². The standard InChI is InChI=1S/C34H20N6/c1-2-13-23-21(11-1)22-12-4-7-18-28(22)39-31-25-15-5-8-19-29(25)40(33(31)38-32(23)39)34-36-26-16-6-3-14-24(26)30(37-34)27-17-9-10-20-35-27/h1-20H. The molecule has 0 spiro atoms. The fourth-order valence-corrected chi connectivity index (χ4v) is 6.08. The molecule has 9 rings (SSSR count). The third kappa shape index (κ3) is 2.82. The van der Waals surface area contributed by atoms with E-state index in [0.29, 0.717) is 5.95 Å². The van der Waals surface area contributed by atoms with Crippen LogP contribution >= 0.6 is 0 Å². The fraction of sp³-hybridized carbons (Fsp3) is 0. The molecule has 40 heavy (non-hydrogen) atoms. The lowest BCUT2D eigenvalue weighted by molar-refractivity contribution is 0.999. The van der Waals surface area contributed by atoms with E-state index >= 15 is 0 Å². The minimum Gasteiger partial charge on any atom is -0.289 e. The number of hydrogen-bond acceptors (Lipinski definition) is 4. The monoisotopic (exact) mass is 512 g/mol. The molecule has 0 unspecified atom stereocenters. The first-order valence-electron chi connectivity index (χ1n) is 13.3. The van der Waals surface area contributed by atoms with E-state index in [0.717, 1.165) is 60.9 Å². The van der Waals surface area contributed by atoms with Gasteiger partial charge in [0.25, 0.3) is 0 Å². The fourth-order valence-electron chi connectivity index (χ4n) is 6.08. The maximum Gasteiger partial charge on any atom is 0.237 e. The van der Waals surface area contributed by atoms with Gasteiger partial charge in [0.15, 0.2) is 5.65 Å². The first-order valence-corrected chi connectivity index (χ1v) is 13.3. The molecule has 6 heteroatoms. The number of imidazole rings is 1. The smallest absolute Gasteiger partial charge is 0.237 e.